The van der Waals surface area contributed by atoms with Gasteiger partial charge in [0.15, 0.2) is 0 Å². The van der Waals surface area contributed by atoms with Crippen molar-refractivity contribution in [2.75, 3.05) is 7.11 Å². The number of benzene rings is 2. The van der Waals surface area contributed by atoms with E-state index >= 15 is 0 Å². The number of aliphatic carboxylic acids is 1. The second-order valence-corrected chi connectivity index (χ2v) is 6.62. The van der Waals surface area contributed by atoms with E-state index in [-0.39, 0.29) is 11.9 Å². The summed E-state index contributed by atoms with van der Waals surface area (Å²) in [5.74, 6) is -1.70. The largest absolute Gasteiger partial charge is 0.497 e. The molecule has 2 N–H and O–H groups in total. The molecule has 0 aromatic heterocycles. The van der Waals surface area contributed by atoms with Crippen LogP contribution in [0.15, 0.2) is 66.7 Å². The molecule has 0 fully saturated rings. The first kappa shape index (κ1) is 18.7. The summed E-state index contributed by atoms with van der Waals surface area (Å²) in [6.07, 6.45) is 4.54. The highest BCUT2D eigenvalue weighted by Crippen LogP contribution is 2.29. The Morgan fingerprint density at radius 2 is 1.56 bits per heavy atom. The van der Waals surface area contributed by atoms with Gasteiger partial charge in [0.25, 0.3) is 0 Å². The van der Waals surface area contributed by atoms with Crippen molar-refractivity contribution < 1.29 is 19.4 Å². The number of methoxy groups -OCH3 is 1. The van der Waals surface area contributed by atoms with Gasteiger partial charge in [0.05, 0.1) is 25.0 Å². The van der Waals surface area contributed by atoms with Crippen molar-refractivity contribution >= 4 is 11.9 Å². The van der Waals surface area contributed by atoms with Crippen LogP contribution in [0.1, 0.15) is 30.0 Å². The Morgan fingerprint density at radius 1 is 0.963 bits per heavy atom. The topological polar surface area (TPSA) is 75.6 Å². The number of allylic oxidation sites excluding steroid dienone is 2. The lowest BCUT2D eigenvalue weighted by Crippen LogP contribution is -2.40. The Balaban J connectivity index is 1.88. The van der Waals surface area contributed by atoms with Crippen molar-refractivity contribution in [3.63, 3.8) is 0 Å². The van der Waals surface area contributed by atoms with Crippen LogP contribution in [0.2, 0.25) is 0 Å². The monoisotopic (exact) mass is 365 g/mol. The minimum Gasteiger partial charge on any atom is -0.497 e. The van der Waals surface area contributed by atoms with E-state index in [1.54, 1.807) is 7.11 Å². The van der Waals surface area contributed by atoms with Crippen molar-refractivity contribution in [2.45, 2.75) is 18.9 Å². The molecule has 140 valence electrons. The number of amides is 1. The number of ether oxygens (including phenoxy) is 1. The molecule has 2 aromatic rings. The summed E-state index contributed by atoms with van der Waals surface area (Å²) < 4.78 is 5.21. The van der Waals surface area contributed by atoms with E-state index in [4.69, 9.17) is 4.74 Å². The Hall–Kier alpha value is -3.08. The molecule has 0 bridgehead atoms. The molecule has 5 nitrogen and oxygen atoms in total. The molecule has 1 aliphatic rings. The van der Waals surface area contributed by atoms with Gasteiger partial charge >= 0.3 is 5.97 Å². The average molecular weight is 365 g/mol. The second-order valence-electron chi connectivity index (χ2n) is 6.62. The summed E-state index contributed by atoms with van der Waals surface area (Å²) in [6, 6.07) is 16.8. The lowest BCUT2D eigenvalue weighted by atomic mass is 9.82. The van der Waals surface area contributed by atoms with Crippen LogP contribution in [-0.2, 0) is 9.59 Å². The Bertz CT molecular complexity index is 814. The molecule has 0 radical (unpaired) electrons. The SMILES string of the molecule is COc1ccc([C@@H](NC(=O)[C@H]2CC=CC[C@@H]2C(=O)O)c2ccccc2)cc1. The highest BCUT2D eigenvalue weighted by atomic mass is 16.5. The highest BCUT2D eigenvalue weighted by Gasteiger charge is 2.35. The number of nitrogens with one attached hydrogen (secondary N) is 1. The lowest BCUT2D eigenvalue weighted by molar-refractivity contribution is -0.147. The van der Waals surface area contributed by atoms with Crippen LogP contribution in [0.3, 0.4) is 0 Å². The molecule has 5 heteroatoms. The third-order valence-electron chi connectivity index (χ3n) is 4.96. The van der Waals surface area contributed by atoms with Crippen molar-refractivity contribution in [1.29, 1.82) is 0 Å². The second kappa shape index (κ2) is 8.54. The zero-order valence-electron chi connectivity index (χ0n) is 15.2. The van der Waals surface area contributed by atoms with E-state index in [2.05, 4.69) is 5.32 Å². The number of carbonyl (C=O) groups is 2. The standard InChI is InChI=1S/C22H23NO4/c1-27-17-13-11-16(12-14-17)20(15-7-3-2-4-8-15)23-21(24)18-9-5-6-10-19(18)22(25)26/h2-8,11-14,18-20H,9-10H2,1H3,(H,23,24)(H,25,26)/t18-,19-,20-/m0/s1. The van der Waals surface area contributed by atoms with Gasteiger partial charge in [-0.05, 0) is 36.1 Å². The number of hydrogen-bond acceptors (Lipinski definition) is 3. The highest BCUT2D eigenvalue weighted by molar-refractivity contribution is 5.85. The molecule has 3 atom stereocenters. The van der Waals surface area contributed by atoms with Crippen LogP contribution >= 0.6 is 0 Å². The van der Waals surface area contributed by atoms with E-state index in [1.165, 1.54) is 0 Å². The smallest absolute Gasteiger partial charge is 0.307 e. The Morgan fingerprint density at radius 3 is 2.15 bits per heavy atom. The molecule has 0 unspecified atom stereocenters. The molecule has 0 saturated heterocycles. The summed E-state index contributed by atoms with van der Waals surface area (Å²) in [5, 5.41) is 12.5. The molecule has 0 saturated carbocycles. The molecule has 1 amide bonds. The number of carboxylic acids is 1. The third kappa shape index (κ3) is 4.37. The number of carbonyl (C=O) groups excluding carboxylic acids is 1. The van der Waals surface area contributed by atoms with Gasteiger partial charge in [0.1, 0.15) is 5.75 Å². The molecule has 0 heterocycles. The van der Waals surface area contributed by atoms with Gasteiger partial charge in [-0.15, -0.1) is 0 Å². The lowest BCUT2D eigenvalue weighted by Gasteiger charge is -2.27. The van der Waals surface area contributed by atoms with E-state index in [0.717, 1.165) is 16.9 Å². The van der Waals surface area contributed by atoms with Crippen LogP contribution in [-0.4, -0.2) is 24.1 Å². The van der Waals surface area contributed by atoms with Crippen molar-refractivity contribution in [3.8, 4) is 5.75 Å². The number of carboxylic acid groups (broad SMARTS) is 1. The molecular formula is C22H23NO4. The van der Waals surface area contributed by atoms with Crippen molar-refractivity contribution in [1.82, 2.24) is 5.32 Å². The minimum atomic E-state index is -0.930. The van der Waals surface area contributed by atoms with Gasteiger partial charge in [0, 0.05) is 0 Å². The molecular weight excluding hydrogens is 342 g/mol. The van der Waals surface area contributed by atoms with Gasteiger partial charge in [-0.25, -0.2) is 0 Å². The first-order valence-electron chi connectivity index (χ1n) is 8.97. The molecule has 1 aliphatic carbocycles. The summed E-state index contributed by atoms with van der Waals surface area (Å²) in [5.41, 5.74) is 1.85. The summed E-state index contributed by atoms with van der Waals surface area (Å²) >= 11 is 0. The molecule has 0 spiro atoms. The van der Waals surface area contributed by atoms with Crippen LogP contribution in [0, 0.1) is 11.8 Å². The van der Waals surface area contributed by atoms with Gasteiger partial charge < -0.3 is 15.2 Å². The number of rotatable bonds is 6. The van der Waals surface area contributed by atoms with Crippen LogP contribution in [0.4, 0.5) is 0 Å². The van der Waals surface area contributed by atoms with Crippen molar-refractivity contribution in [2.24, 2.45) is 11.8 Å². The predicted octanol–water partition coefficient (Wildman–Crippen LogP) is 3.57. The zero-order chi connectivity index (χ0) is 19.2. The first-order chi connectivity index (χ1) is 13.1. The summed E-state index contributed by atoms with van der Waals surface area (Å²) in [4.78, 5) is 24.5. The Labute approximate surface area is 158 Å². The quantitative estimate of drug-likeness (QED) is 0.768. The van der Waals surface area contributed by atoms with Crippen LogP contribution in [0.25, 0.3) is 0 Å². The van der Waals surface area contributed by atoms with E-state index in [1.807, 2.05) is 66.7 Å². The van der Waals surface area contributed by atoms with E-state index in [9.17, 15) is 14.7 Å². The van der Waals surface area contributed by atoms with Gasteiger partial charge in [-0.2, -0.15) is 0 Å². The number of hydrogen-bond donors (Lipinski definition) is 2. The fraction of sp³-hybridized carbons (Fsp3) is 0.273. The predicted molar refractivity (Wildman–Crippen MR) is 102 cm³/mol. The van der Waals surface area contributed by atoms with Gasteiger partial charge in [-0.3, -0.25) is 9.59 Å². The maximum Gasteiger partial charge on any atom is 0.307 e. The Kier molecular flexibility index (Phi) is 5.91. The zero-order valence-corrected chi connectivity index (χ0v) is 15.2. The third-order valence-corrected chi connectivity index (χ3v) is 4.96. The molecule has 27 heavy (non-hydrogen) atoms. The first-order valence-corrected chi connectivity index (χ1v) is 8.97. The maximum atomic E-state index is 13.0. The molecule has 0 aliphatic heterocycles. The normalized spacial score (nSPS) is 19.9. The molecule has 3 rings (SSSR count). The minimum absolute atomic E-state index is 0.239. The maximum absolute atomic E-state index is 13.0. The van der Waals surface area contributed by atoms with Gasteiger partial charge in [0.2, 0.25) is 5.91 Å². The van der Waals surface area contributed by atoms with Crippen LogP contribution in [0.5, 0.6) is 5.75 Å². The van der Waals surface area contributed by atoms with E-state index < -0.39 is 17.8 Å². The fourth-order valence-corrected chi connectivity index (χ4v) is 3.43. The summed E-state index contributed by atoms with van der Waals surface area (Å²) in [7, 11) is 1.61. The molecule has 2 aromatic carbocycles. The van der Waals surface area contributed by atoms with Crippen LogP contribution < -0.4 is 10.1 Å². The van der Waals surface area contributed by atoms with Gasteiger partial charge in [-0.1, -0.05) is 54.6 Å². The fourth-order valence-electron chi connectivity index (χ4n) is 3.43. The summed E-state index contributed by atoms with van der Waals surface area (Å²) in [6.45, 7) is 0. The average Bonchev–Trinajstić information content (AvgIpc) is 2.72. The van der Waals surface area contributed by atoms with E-state index in [0.29, 0.717) is 12.8 Å². The van der Waals surface area contributed by atoms with Crippen molar-refractivity contribution in [3.05, 3.63) is 77.9 Å².